The predicted molar refractivity (Wildman–Crippen MR) is 70.0 cm³/mol. The summed E-state index contributed by atoms with van der Waals surface area (Å²) < 4.78 is 5.20. The van der Waals surface area contributed by atoms with Crippen molar-refractivity contribution in [2.24, 2.45) is 5.92 Å². The molecule has 0 radical (unpaired) electrons. The van der Waals surface area contributed by atoms with Crippen molar-refractivity contribution in [2.45, 2.75) is 26.8 Å². The van der Waals surface area contributed by atoms with E-state index in [0.29, 0.717) is 18.1 Å². The van der Waals surface area contributed by atoms with Gasteiger partial charge in [0.15, 0.2) is 0 Å². The zero-order valence-electron chi connectivity index (χ0n) is 10.9. The topological polar surface area (TPSA) is 45.0 Å². The molecule has 0 aliphatic heterocycles. The van der Waals surface area contributed by atoms with Crippen LogP contribution in [0.3, 0.4) is 0 Å². The van der Waals surface area contributed by atoms with Crippen LogP contribution in [0.2, 0.25) is 0 Å². The van der Waals surface area contributed by atoms with E-state index in [1.165, 1.54) is 0 Å². The Labute approximate surface area is 103 Å². The molecular formula is C14H20N2O. The van der Waals surface area contributed by atoms with E-state index in [9.17, 15) is 0 Å². The smallest absolute Gasteiger partial charge is 0.102 e. The Balaban J connectivity index is 2.94. The average molecular weight is 232 g/mol. The Morgan fingerprint density at radius 1 is 1.41 bits per heavy atom. The van der Waals surface area contributed by atoms with Crippen LogP contribution in [0.4, 0.5) is 5.69 Å². The number of aryl methyl sites for hydroxylation is 1. The molecular weight excluding hydrogens is 212 g/mol. The molecule has 1 atom stereocenters. The molecule has 1 unspecified atom stereocenters. The number of nitrogens with zero attached hydrogens (tertiary/aromatic N) is 1. The first-order chi connectivity index (χ1) is 8.10. The van der Waals surface area contributed by atoms with Crippen LogP contribution >= 0.6 is 0 Å². The van der Waals surface area contributed by atoms with Crippen molar-refractivity contribution >= 4 is 5.69 Å². The van der Waals surface area contributed by atoms with Crippen molar-refractivity contribution in [3.8, 4) is 6.07 Å². The van der Waals surface area contributed by atoms with Gasteiger partial charge in [-0.25, -0.2) is 0 Å². The van der Waals surface area contributed by atoms with Gasteiger partial charge in [-0.3, -0.25) is 0 Å². The number of ether oxygens (including phenoxy) is 1. The van der Waals surface area contributed by atoms with Crippen molar-refractivity contribution in [1.82, 2.24) is 0 Å². The van der Waals surface area contributed by atoms with Crippen LogP contribution < -0.4 is 5.32 Å². The minimum Gasteiger partial charge on any atom is -0.383 e. The van der Waals surface area contributed by atoms with Gasteiger partial charge in [-0.2, -0.15) is 5.26 Å². The van der Waals surface area contributed by atoms with Gasteiger partial charge in [0.05, 0.1) is 23.9 Å². The number of hydrogen-bond acceptors (Lipinski definition) is 3. The normalized spacial score (nSPS) is 12.2. The number of methoxy groups -OCH3 is 1. The number of hydrogen-bond donors (Lipinski definition) is 1. The number of benzene rings is 1. The van der Waals surface area contributed by atoms with E-state index in [1.54, 1.807) is 7.11 Å². The Morgan fingerprint density at radius 3 is 2.65 bits per heavy atom. The second-order valence-electron chi connectivity index (χ2n) is 4.56. The highest BCUT2D eigenvalue weighted by Gasteiger charge is 2.15. The summed E-state index contributed by atoms with van der Waals surface area (Å²) in [6, 6.07) is 8.31. The van der Waals surface area contributed by atoms with Gasteiger partial charge in [0.1, 0.15) is 6.07 Å². The lowest BCUT2D eigenvalue weighted by molar-refractivity contribution is 0.171. The molecule has 1 aromatic rings. The molecule has 0 aliphatic rings. The molecule has 17 heavy (non-hydrogen) atoms. The summed E-state index contributed by atoms with van der Waals surface area (Å²) in [5, 5.41) is 12.6. The Morgan fingerprint density at radius 2 is 2.12 bits per heavy atom. The van der Waals surface area contributed by atoms with Crippen molar-refractivity contribution in [3.05, 3.63) is 29.3 Å². The van der Waals surface area contributed by atoms with Gasteiger partial charge in [0, 0.05) is 7.11 Å². The van der Waals surface area contributed by atoms with Crippen molar-refractivity contribution < 1.29 is 4.74 Å². The van der Waals surface area contributed by atoms with Gasteiger partial charge in [-0.1, -0.05) is 26.0 Å². The molecule has 0 saturated heterocycles. The Hall–Kier alpha value is -1.53. The number of anilines is 1. The van der Waals surface area contributed by atoms with E-state index in [1.807, 2.05) is 25.1 Å². The second kappa shape index (κ2) is 6.27. The molecule has 1 rings (SSSR count). The Kier molecular flexibility index (Phi) is 4.99. The number of nitrogens with one attached hydrogen (secondary N) is 1. The molecule has 0 spiro atoms. The quantitative estimate of drug-likeness (QED) is 0.849. The van der Waals surface area contributed by atoms with Crippen LogP contribution in [0.1, 0.15) is 25.0 Å². The van der Waals surface area contributed by atoms with E-state index >= 15 is 0 Å². The maximum Gasteiger partial charge on any atom is 0.102 e. The van der Waals surface area contributed by atoms with Crippen LogP contribution in [0.25, 0.3) is 0 Å². The van der Waals surface area contributed by atoms with E-state index in [-0.39, 0.29) is 6.04 Å². The molecule has 0 bridgehead atoms. The van der Waals surface area contributed by atoms with Gasteiger partial charge in [0.25, 0.3) is 0 Å². The first-order valence-corrected chi connectivity index (χ1v) is 5.85. The zero-order chi connectivity index (χ0) is 12.8. The SMILES string of the molecule is COCC(Nc1cccc(C)c1C#N)C(C)C. The lowest BCUT2D eigenvalue weighted by atomic mass is 10.0. The molecule has 0 saturated carbocycles. The first-order valence-electron chi connectivity index (χ1n) is 5.85. The van der Waals surface area contributed by atoms with Crippen LogP contribution in [0.5, 0.6) is 0 Å². The summed E-state index contributed by atoms with van der Waals surface area (Å²) in [7, 11) is 1.69. The van der Waals surface area contributed by atoms with Crippen molar-refractivity contribution in [1.29, 1.82) is 5.26 Å². The molecule has 0 fully saturated rings. The molecule has 0 amide bonds. The van der Waals surface area contributed by atoms with E-state index < -0.39 is 0 Å². The number of nitriles is 1. The molecule has 92 valence electrons. The van der Waals surface area contributed by atoms with Gasteiger partial charge < -0.3 is 10.1 Å². The molecule has 3 nitrogen and oxygen atoms in total. The molecule has 0 aromatic heterocycles. The highest BCUT2D eigenvalue weighted by molar-refractivity contribution is 5.61. The van der Waals surface area contributed by atoms with Crippen LogP contribution in [-0.2, 0) is 4.74 Å². The molecule has 0 heterocycles. The Bertz CT molecular complexity index is 407. The van der Waals surface area contributed by atoms with Gasteiger partial charge in [0.2, 0.25) is 0 Å². The van der Waals surface area contributed by atoms with Crippen molar-refractivity contribution in [2.75, 3.05) is 19.0 Å². The van der Waals surface area contributed by atoms with Gasteiger partial charge >= 0.3 is 0 Å². The molecule has 0 aliphatic carbocycles. The third-order valence-corrected chi connectivity index (χ3v) is 2.88. The summed E-state index contributed by atoms with van der Waals surface area (Å²) in [6.07, 6.45) is 0. The largest absolute Gasteiger partial charge is 0.383 e. The fraction of sp³-hybridized carbons (Fsp3) is 0.500. The van der Waals surface area contributed by atoms with Crippen molar-refractivity contribution in [3.63, 3.8) is 0 Å². The standard InChI is InChI=1S/C14H20N2O/c1-10(2)14(9-17-4)16-13-7-5-6-11(3)12(13)8-15/h5-7,10,14,16H,9H2,1-4H3. The van der Waals surface area contributed by atoms with E-state index in [2.05, 4.69) is 25.2 Å². The summed E-state index contributed by atoms with van der Waals surface area (Å²) >= 11 is 0. The minimum absolute atomic E-state index is 0.217. The lowest BCUT2D eigenvalue weighted by Gasteiger charge is -2.23. The van der Waals surface area contributed by atoms with Crippen LogP contribution in [-0.4, -0.2) is 19.8 Å². The average Bonchev–Trinajstić information content (AvgIpc) is 2.28. The fourth-order valence-electron chi connectivity index (χ4n) is 1.72. The third-order valence-electron chi connectivity index (χ3n) is 2.88. The van der Waals surface area contributed by atoms with E-state index in [4.69, 9.17) is 10.00 Å². The summed E-state index contributed by atoms with van der Waals surface area (Å²) in [5.74, 6) is 0.446. The number of rotatable bonds is 5. The third kappa shape index (κ3) is 3.47. The molecule has 1 aromatic carbocycles. The van der Waals surface area contributed by atoms with Crippen LogP contribution in [0, 0.1) is 24.2 Å². The fourth-order valence-corrected chi connectivity index (χ4v) is 1.72. The highest BCUT2D eigenvalue weighted by atomic mass is 16.5. The molecule has 1 N–H and O–H groups in total. The predicted octanol–water partition coefficient (Wildman–Crippen LogP) is 2.95. The minimum atomic E-state index is 0.217. The van der Waals surface area contributed by atoms with Crippen LogP contribution in [0.15, 0.2) is 18.2 Å². The second-order valence-corrected chi connectivity index (χ2v) is 4.56. The van der Waals surface area contributed by atoms with Gasteiger partial charge in [-0.05, 0) is 24.5 Å². The summed E-state index contributed by atoms with van der Waals surface area (Å²) in [6.45, 7) is 6.86. The summed E-state index contributed by atoms with van der Waals surface area (Å²) in [5.41, 5.74) is 2.61. The zero-order valence-corrected chi connectivity index (χ0v) is 10.9. The van der Waals surface area contributed by atoms with Gasteiger partial charge in [-0.15, -0.1) is 0 Å². The monoisotopic (exact) mass is 232 g/mol. The highest BCUT2D eigenvalue weighted by Crippen LogP contribution is 2.20. The molecule has 3 heteroatoms. The lowest BCUT2D eigenvalue weighted by Crippen LogP contribution is -2.30. The summed E-state index contributed by atoms with van der Waals surface area (Å²) in [4.78, 5) is 0. The van der Waals surface area contributed by atoms with E-state index in [0.717, 1.165) is 11.3 Å². The maximum absolute atomic E-state index is 9.16. The first kappa shape index (κ1) is 13.5. The maximum atomic E-state index is 9.16.